The van der Waals surface area contributed by atoms with Crippen LogP contribution in [0.1, 0.15) is 25.1 Å². The van der Waals surface area contributed by atoms with Crippen molar-refractivity contribution in [1.29, 1.82) is 0 Å². The van der Waals surface area contributed by atoms with Gasteiger partial charge < -0.3 is 4.57 Å². The molecular weight excluding hydrogens is 633 g/mol. The molecule has 4 heterocycles. The highest BCUT2D eigenvalue weighted by Gasteiger charge is 2.18. The van der Waals surface area contributed by atoms with Gasteiger partial charge in [0.05, 0.1) is 33.3 Å². The van der Waals surface area contributed by atoms with Crippen molar-refractivity contribution in [1.82, 2.24) is 18.9 Å². The first kappa shape index (κ1) is 31.2. The molecule has 9 aromatic rings. The second kappa shape index (κ2) is 12.5. The van der Waals surface area contributed by atoms with Gasteiger partial charge in [0.1, 0.15) is 5.65 Å². The van der Waals surface area contributed by atoms with E-state index in [1.54, 1.807) is 0 Å². The fraction of sp³-hybridized carbons (Fsp3) is 0.0417. The minimum Gasteiger partial charge on any atom is -0.309 e. The zero-order valence-electron chi connectivity index (χ0n) is 29.2. The van der Waals surface area contributed by atoms with Crippen LogP contribution in [0.15, 0.2) is 159 Å². The van der Waals surface area contributed by atoms with E-state index in [0.717, 1.165) is 94.0 Å². The molecular formula is C48H36N4. The number of hydrogen-bond acceptors (Lipinski definition) is 2. The Morgan fingerprint density at radius 1 is 0.673 bits per heavy atom. The number of allylic oxidation sites excluding steroid dienone is 6. The van der Waals surface area contributed by atoms with E-state index < -0.39 is 0 Å². The molecule has 0 amide bonds. The molecule has 0 saturated heterocycles. The lowest BCUT2D eigenvalue weighted by molar-refractivity contribution is 1.15. The standard InChI is InChI=1S/C48H36N4/c1-5-12-36(13-6-2)51-42(8-4)37(14-7-3)39-29-34(23-26-43(39)51)31-18-20-32(21-19-31)35-24-27-44-40(30-35)46-38(25-22-33-15-11-28-49-47(33)46)48-50-41-16-9-10-17-45(41)52(44)48/h5-30H,1,4H2,2-3H3/b13-6-,14-7-,36-12+. The van der Waals surface area contributed by atoms with Gasteiger partial charge in [-0.05, 0) is 103 Å². The first-order chi connectivity index (χ1) is 25.6. The van der Waals surface area contributed by atoms with E-state index in [2.05, 4.69) is 150 Å². The molecule has 0 N–H and O–H groups in total. The summed E-state index contributed by atoms with van der Waals surface area (Å²) in [5, 5.41) is 5.68. The topological polar surface area (TPSA) is 35.1 Å². The molecule has 4 heteroatoms. The van der Waals surface area contributed by atoms with Crippen LogP contribution in [0.4, 0.5) is 0 Å². The maximum Gasteiger partial charge on any atom is 0.146 e. The van der Waals surface area contributed by atoms with Gasteiger partial charge in [-0.25, -0.2) is 4.98 Å². The molecule has 4 aromatic heterocycles. The van der Waals surface area contributed by atoms with Gasteiger partial charge in [-0.15, -0.1) is 0 Å². The van der Waals surface area contributed by atoms with E-state index in [0.29, 0.717) is 0 Å². The molecule has 0 aliphatic heterocycles. The van der Waals surface area contributed by atoms with Crippen molar-refractivity contribution in [2.24, 2.45) is 0 Å². The van der Waals surface area contributed by atoms with Crippen molar-refractivity contribution < 1.29 is 0 Å². The molecule has 0 aliphatic rings. The van der Waals surface area contributed by atoms with E-state index in [-0.39, 0.29) is 0 Å². The third-order valence-corrected chi connectivity index (χ3v) is 10.1. The third-order valence-electron chi connectivity index (χ3n) is 10.1. The Morgan fingerprint density at radius 2 is 1.40 bits per heavy atom. The van der Waals surface area contributed by atoms with Gasteiger partial charge in [0.15, 0.2) is 0 Å². The van der Waals surface area contributed by atoms with Crippen molar-refractivity contribution >= 4 is 78.0 Å². The highest BCUT2D eigenvalue weighted by molar-refractivity contribution is 6.23. The lowest BCUT2D eigenvalue weighted by Gasteiger charge is -2.13. The van der Waals surface area contributed by atoms with Crippen molar-refractivity contribution in [3.05, 3.63) is 170 Å². The monoisotopic (exact) mass is 668 g/mol. The van der Waals surface area contributed by atoms with Gasteiger partial charge in [-0.2, -0.15) is 0 Å². The van der Waals surface area contributed by atoms with Gasteiger partial charge in [0.2, 0.25) is 0 Å². The lowest BCUT2D eigenvalue weighted by atomic mass is 9.96. The lowest BCUT2D eigenvalue weighted by Crippen LogP contribution is -1.97. The quantitative estimate of drug-likeness (QED) is 0.125. The second-order valence-corrected chi connectivity index (χ2v) is 13.0. The summed E-state index contributed by atoms with van der Waals surface area (Å²) in [6, 6.07) is 39.3. The van der Waals surface area contributed by atoms with Crippen LogP contribution in [0.5, 0.6) is 0 Å². The van der Waals surface area contributed by atoms with Crippen LogP contribution in [0.3, 0.4) is 0 Å². The Balaban J connectivity index is 1.20. The molecule has 0 fully saturated rings. The Morgan fingerprint density at radius 3 is 2.13 bits per heavy atom. The zero-order chi connectivity index (χ0) is 35.3. The van der Waals surface area contributed by atoms with E-state index in [1.165, 1.54) is 5.39 Å². The van der Waals surface area contributed by atoms with Gasteiger partial charge in [0, 0.05) is 44.4 Å². The van der Waals surface area contributed by atoms with Crippen LogP contribution in [-0.2, 0) is 0 Å². The summed E-state index contributed by atoms with van der Waals surface area (Å²) in [7, 11) is 0. The predicted molar refractivity (Wildman–Crippen MR) is 223 cm³/mol. The Bertz CT molecular complexity index is 3000. The molecule has 0 unspecified atom stereocenters. The molecule has 248 valence electrons. The van der Waals surface area contributed by atoms with Gasteiger partial charge >= 0.3 is 0 Å². The Hall–Kier alpha value is -6.78. The summed E-state index contributed by atoms with van der Waals surface area (Å²) < 4.78 is 4.56. The van der Waals surface area contributed by atoms with Crippen molar-refractivity contribution in [2.75, 3.05) is 0 Å². The molecule has 0 radical (unpaired) electrons. The van der Waals surface area contributed by atoms with E-state index in [9.17, 15) is 0 Å². The van der Waals surface area contributed by atoms with Crippen LogP contribution < -0.4 is 0 Å². The number of nitrogens with zero attached hydrogens (tertiary/aromatic N) is 4. The molecule has 0 saturated carbocycles. The average Bonchev–Trinajstić information content (AvgIpc) is 3.73. The summed E-state index contributed by atoms with van der Waals surface area (Å²) in [5.74, 6) is 0. The van der Waals surface area contributed by atoms with Crippen LogP contribution in [0.2, 0.25) is 0 Å². The first-order valence-corrected chi connectivity index (χ1v) is 17.6. The van der Waals surface area contributed by atoms with Crippen LogP contribution in [-0.4, -0.2) is 18.9 Å². The normalized spacial score (nSPS) is 12.5. The highest BCUT2D eigenvalue weighted by atomic mass is 15.0. The fourth-order valence-electron chi connectivity index (χ4n) is 7.85. The average molecular weight is 669 g/mol. The maximum atomic E-state index is 5.11. The zero-order valence-corrected chi connectivity index (χ0v) is 29.2. The molecule has 0 bridgehead atoms. The minimum atomic E-state index is 0.952. The summed E-state index contributed by atoms with van der Waals surface area (Å²) in [6.45, 7) is 12.2. The van der Waals surface area contributed by atoms with Crippen molar-refractivity contribution in [3.63, 3.8) is 0 Å². The van der Waals surface area contributed by atoms with Gasteiger partial charge in [0.25, 0.3) is 0 Å². The van der Waals surface area contributed by atoms with Crippen molar-refractivity contribution in [3.8, 4) is 22.3 Å². The number of benzene rings is 5. The van der Waals surface area contributed by atoms with E-state index in [1.807, 2.05) is 43.5 Å². The second-order valence-electron chi connectivity index (χ2n) is 13.0. The summed E-state index contributed by atoms with van der Waals surface area (Å²) in [4.78, 5) is 9.99. The Labute approximate surface area is 302 Å². The van der Waals surface area contributed by atoms with Crippen LogP contribution in [0.25, 0.3) is 100 Å². The molecule has 5 aromatic carbocycles. The number of aromatic nitrogens is 4. The van der Waals surface area contributed by atoms with Gasteiger partial charge in [-0.3, -0.25) is 9.38 Å². The molecule has 9 rings (SSSR count). The highest BCUT2D eigenvalue weighted by Crippen LogP contribution is 2.39. The first-order valence-electron chi connectivity index (χ1n) is 17.6. The molecule has 4 nitrogen and oxygen atoms in total. The number of imidazole rings is 1. The summed E-state index contributed by atoms with van der Waals surface area (Å²) in [6.07, 6.45) is 16.1. The summed E-state index contributed by atoms with van der Waals surface area (Å²) in [5.41, 5.74) is 14.1. The smallest absolute Gasteiger partial charge is 0.146 e. The van der Waals surface area contributed by atoms with Crippen LogP contribution >= 0.6 is 0 Å². The summed E-state index contributed by atoms with van der Waals surface area (Å²) >= 11 is 0. The molecule has 0 aliphatic carbocycles. The molecule has 52 heavy (non-hydrogen) atoms. The number of hydrogen-bond donors (Lipinski definition) is 0. The van der Waals surface area contributed by atoms with Crippen molar-refractivity contribution in [2.45, 2.75) is 13.8 Å². The van der Waals surface area contributed by atoms with Crippen LogP contribution in [0, 0.1) is 0 Å². The molecule has 0 atom stereocenters. The fourth-order valence-corrected chi connectivity index (χ4v) is 7.85. The predicted octanol–water partition coefficient (Wildman–Crippen LogP) is 12.9. The SMILES string of the molecule is C=C/C=C(\C=C/C)n1c(C=C)c(/C=C\C)c2cc(-c3ccc(-c4ccc5c(c4)c4c(ccc6cccnc64)c4nc6ccccc6n54)cc3)ccc21. The largest absolute Gasteiger partial charge is 0.309 e. The Kier molecular flexibility index (Phi) is 7.52. The minimum absolute atomic E-state index is 0.952. The number of rotatable bonds is 7. The number of para-hydroxylation sites is 2. The number of pyridine rings is 2. The molecule has 0 spiro atoms. The van der Waals surface area contributed by atoms with E-state index in [4.69, 9.17) is 9.97 Å². The van der Waals surface area contributed by atoms with Gasteiger partial charge in [-0.1, -0.05) is 98.1 Å². The number of fused-ring (bicyclic) bond motifs is 11. The third kappa shape index (κ3) is 4.76. The maximum absolute atomic E-state index is 5.11. The van der Waals surface area contributed by atoms with E-state index >= 15 is 0 Å².